The van der Waals surface area contributed by atoms with Crippen molar-refractivity contribution >= 4 is 11.3 Å². The monoisotopic (exact) mass is 244 g/mol. The number of nitrogens with zero attached hydrogens (tertiary/aromatic N) is 1. The van der Waals surface area contributed by atoms with Gasteiger partial charge in [0.05, 0.1) is 12.3 Å². The van der Waals surface area contributed by atoms with E-state index in [-0.39, 0.29) is 0 Å². The summed E-state index contributed by atoms with van der Waals surface area (Å²) in [4.78, 5) is 4.47. The van der Waals surface area contributed by atoms with Crippen molar-refractivity contribution in [2.75, 3.05) is 26.9 Å². The Morgan fingerprint density at radius 3 is 3.06 bits per heavy atom. The highest BCUT2D eigenvalue weighted by molar-refractivity contribution is 7.09. The Bertz CT molecular complexity index is 279. The van der Waals surface area contributed by atoms with Crippen molar-refractivity contribution in [1.29, 1.82) is 0 Å². The molecule has 5 heteroatoms. The van der Waals surface area contributed by atoms with Crippen LogP contribution in [0.4, 0.5) is 0 Å². The van der Waals surface area contributed by atoms with E-state index < -0.39 is 0 Å². The minimum atomic E-state index is 0.604. The van der Waals surface area contributed by atoms with Gasteiger partial charge in [0.25, 0.3) is 0 Å². The molecule has 1 aromatic rings. The van der Waals surface area contributed by atoms with E-state index in [1.807, 2.05) is 0 Å². The Morgan fingerprint density at radius 2 is 2.31 bits per heavy atom. The summed E-state index contributed by atoms with van der Waals surface area (Å²) in [5, 5.41) is 6.43. The Labute approximate surface area is 101 Å². The summed E-state index contributed by atoms with van der Waals surface area (Å²) in [7, 11) is 1.70. The fourth-order valence-corrected chi connectivity index (χ4v) is 1.96. The van der Waals surface area contributed by atoms with E-state index in [9.17, 15) is 0 Å². The summed E-state index contributed by atoms with van der Waals surface area (Å²) in [6.45, 7) is 6.00. The third-order valence-corrected chi connectivity index (χ3v) is 2.91. The van der Waals surface area contributed by atoms with E-state index in [1.54, 1.807) is 18.4 Å². The lowest BCUT2D eigenvalue weighted by atomic mass is 10.5. The van der Waals surface area contributed by atoms with Crippen LogP contribution in [0.2, 0.25) is 0 Å². The van der Waals surface area contributed by atoms with Gasteiger partial charge >= 0.3 is 0 Å². The molecule has 1 rings (SSSR count). The van der Waals surface area contributed by atoms with E-state index in [0.29, 0.717) is 6.61 Å². The van der Waals surface area contributed by atoms with Crippen LogP contribution < -0.4 is 5.32 Å². The highest BCUT2D eigenvalue weighted by Gasteiger charge is 2.01. The average Bonchev–Trinajstić information content (AvgIpc) is 2.74. The van der Waals surface area contributed by atoms with Gasteiger partial charge in [-0.05, 0) is 13.0 Å². The van der Waals surface area contributed by atoms with E-state index in [4.69, 9.17) is 9.47 Å². The van der Waals surface area contributed by atoms with Crippen molar-refractivity contribution in [3.8, 4) is 0 Å². The Kier molecular flexibility index (Phi) is 7.33. The van der Waals surface area contributed by atoms with Gasteiger partial charge in [-0.25, -0.2) is 4.98 Å². The summed E-state index contributed by atoms with van der Waals surface area (Å²) in [5.41, 5.74) is 1.02. The molecule has 0 aliphatic rings. The standard InChI is InChI=1S/C11H20N2O2S/c1-3-12-7-11-13-10(9-16-11)8-15-6-4-5-14-2/h9,12H,3-8H2,1-2H3. The number of methoxy groups -OCH3 is 1. The van der Waals surface area contributed by atoms with E-state index in [1.165, 1.54) is 0 Å². The third kappa shape index (κ3) is 5.55. The molecule has 1 aromatic heterocycles. The lowest BCUT2D eigenvalue weighted by Gasteiger charge is -2.01. The number of hydrogen-bond donors (Lipinski definition) is 1. The molecular weight excluding hydrogens is 224 g/mol. The maximum atomic E-state index is 5.48. The molecule has 16 heavy (non-hydrogen) atoms. The zero-order chi connectivity index (χ0) is 11.6. The fourth-order valence-electron chi connectivity index (χ4n) is 1.21. The minimum absolute atomic E-state index is 0.604. The van der Waals surface area contributed by atoms with E-state index in [2.05, 4.69) is 22.6 Å². The van der Waals surface area contributed by atoms with E-state index >= 15 is 0 Å². The first kappa shape index (κ1) is 13.6. The number of nitrogens with one attached hydrogen (secondary N) is 1. The molecule has 0 unspecified atom stereocenters. The van der Waals surface area contributed by atoms with Crippen molar-refractivity contribution in [1.82, 2.24) is 10.3 Å². The van der Waals surface area contributed by atoms with Crippen LogP contribution in [0.5, 0.6) is 0 Å². The topological polar surface area (TPSA) is 43.4 Å². The molecule has 0 atom stereocenters. The molecule has 0 aliphatic carbocycles. The van der Waals surface area contributed by atoms with Crippen molar-refractivity contribution in [2.45, 2.75) is 26.5 Å². The quantitative estimate of drug-likeness (QED) is 0.673. The van der Waals surface area contributed by atoms with Gasteiger partial charge in [0.15, 0.2) is 0 Å². The van der Waals surface area contributed by atoms with Crippen LogP contribution in [0.3, 0.4) is 0 Å². The molecule has 0 spiro atoms. The van der Waals surface area contributed by atoms with Crippen molar-refractivity contribution < 1.29 is 9.47 Å². The number of rotatable bonds is 9. The number of thiazole rings is 1. The Hall–Kier alpha value is -0.490. The number of hydrogen-bond acceptors (Lipinski definition) is 5. The normalized spacial score (nSPS) is 10.9. The Balaban J connectivity index is 2.14. The van der Waals surface area contributed by atoms with Gasteiger partial charge in [0.2, 0.25) is 0 Å². The highest BCUT2D eigenvalue weighted by Crippen LogP contribution is 2.10. The second-order valence-corrected chi connectivity index (χ2v) is 4.35. The maximum absolute atomic E-state index is 5.48. The van der Waals surface area contributed by atoms with Crippen LogP contribution in [0.1, 0.15) is 24.0 Å². The summed E-state index contributed by atoms with van der Waals surface area (Å²) in [5.74, 6) is 0. The van der Waals surface area contributed by atoms with Crippen LogP contribution in [0.25, 0.3) is 0 Å². The zero-order valence-corrected chi connectivity index (χ0v) is 10.8. The van der Waals surface area contributed by atoms with Crippen LogP contribution >= 0.6 is 11.3 Å². The number of aromatic nitrogens is 1. The summed E-state index contributed by atoms with van der Waals surface area (Å²) in [6.07, 6.45) is 0.935. The zero-order valence-electron chi connectivity index (χ0n) is 9.99. The van der Waals surface area contributed by atoms with Crippen molar-refractivity contribution in [3.05, 3.63) is 16.1 Å². The lowest BCUT2D eigenvalue weighted by Crippen LogP contribution is -2.11. The predicted octanol–water partition coefficient (Wildman–Crippen LogP) is 1.81. The SMILES string of the molecule is CCNCc1nc(COCCCOC)cs1. The lowest BCUT2D eigenvalue weighted by molar-refractivity contribution is 0.0912. The summed E-state index contributed by atoms with van der Waals surface area (Å²) in [6, 6.07) is 0. The molecule has 0 saturated carbocycles. The molecule has 92 valence electrons. The minimum Gasteiger partial charge on any atom is -0.385 e. The summed E-state index contributed by atoms with van der Waals surface area (Å²) >= 11 is 1.68. The molecule has 0 radical (unpaired) electrons. The molecule has 0 fully saturated rings. The molecule has 0 aromatic carbocycles. The largest absolute Gasteiger partial charge is 0.385 e. The van der Waals surface area contributed by atoms with Gasteiger partial charge in [-0.2, -0.15) is 0 Å². The first-order valence-corrected chi connectivity index (χ1v) is 6.45. The molecule has 4 nitrogen and oxygen atoms in total. The van der Waals surface area contributed by atoms with Crippen molar-refractivity contribution in [3.63, 3.8) is 0 Å². The van der Waals surface area contributed by atoms with Crippen LogP contribution in [-0.4, -0.2) is 31.9 Å². The molecular formula is C11H20N2O2S. The predicted molar refractivity (Wildman–Crippen MR) is 65.6 cm³/mol. The first-order chi connectivity index (χ1) is 7.86. The maximum Gasteiger partial charge on any atom is 0.107 e. The smallest absolute Gasteiger partial charge is 0.107 e. The molecule has 0 saturated heterocycles. The van der Waals surface area contributed by atoms with Gasteiger partial charge in [0, 0.05) is 32.2 Å². The van der Waals surface area contributed by atoms with Gasteiger partial charge in [0.1, 0.15) is 5.01 Å². The van der Waals surface area contributed by atoms with Crippen LogP contribution in [-0.2, 0) is 22.6 Å². The summed E-state index contributed by atoms with van der Waals surface area (Å²) < 4.78 is 10.4. The van der Waals surface area contributed by atoms with Gasteiger partial charge in [-0.1, -0.05) is 6.92 Å². The molecule has 1 heterocycles. The van der Waals surface area contributed by atoms with Crippen LogP contribution in [0.15, 0.2) is 5.38 Å². The molecule has 0 bridgehead atoms. The van der Waals surface area contributed by atoms with Gasteiger partial charge in [-0.3, -0.25) is 0 Å². The second-order valence-electron chi connectivity index (χ2n) is 3.41. The first-order valence-electron chi connectivity index (χ1n) is 5.57. The molecule has 1 N–H and O–H groups in total. The molecule has 0 aliphatic heterocycles. The van der Waals surface area contributed by atoms with Crippen LogP contribution in [0, 0.1) is 0 Å². The Morgan fingerprint density at radius 1 is 1.44 bits per heavy atom. The van der Waals surface area contributed by atoms with Gasteiger partial charge in [-0.15, -0.1) is 11.3 Å². The number of ether oxygens (including phenoxy) is 2. The fraction of sp³-hybridized carbons (Fsp3) is 0.727. The third-order valence-electron chi connectivity index (χ3n) is 2.01. The van der Waals surface area contributed by atoms with Gasteiger partial charge < -0.3 is 14.8 Å². The molecule has 0 amide bonds. The van der Waals surface area contributed by atoms with Crippen molar-refractivity contribution in [2.24, 2.45) is 0 Å². The second kappa shape index (κ2) is 8.64. The van der Waals surface area contributed by atoms with E-state index in [0.717, 1.165) is 43.4 Å². The average molecular weight is 244 g/mol. The highest BCUT2D eigenvalue weighted by atomic mass is 32.1.